The molecular formula is C26H36FN7O3S2. The second kappa shape index (κ2) is 12.5. The second-order valence-corrected chi connectivity index (χ2v) is 13.2. The van der Waals surface area contributed by atoms with Gasteiger partial charge in [0.25, 0.3) is 0 Å². The number of piperidine rings is 1. The number of ether oxygens (including phenoxy) is 1. The minimum Gasteiger partial charge on any atom is -0.490 e. The van der Waals surface area contributed by atoms with Gasteiger partial charge in [0.15, 0.2) is 32.4 Å². The molecule has 0 aliphatic carbocycles. The molecule has 1 aromatic carbocycles. The van der Waals surface area contributed by atoms with Gasteiger partial charge in [-0.05, 0) is 82.7 Å². The van der Waals surface area contributed by atoms with Crippen LogP contribution in [-0.2, 0) is 9.84 Å². The van der Waals surface area contributed by atoms with E-state index in [0.717, 1.165) is 62.4 Å². The van der Waals surface area contributed by atoms with Crippen molar-refractivity contribution in [3.8, 4) is 5.75 Å². The summed E-state index contributed by atoms with van der Waals surface area (Å²) in [5.41, 5.74) is 0.879. The van der Waals surface area contributed by atoms with Gasteiger partial charge in [-0.15, -0.1) is 0 Å². The predicted molar refractivity (Wildman–Crippen MR) is 152 cm³/mol. The molecule has 1 saturated heterocycles. The molecule has 0 atom stereocenters. The van der Waals surface area contributed by atoms with Crippen LogP contribution in [0.5, 0.6) is 5.75 Å². The molecule has 212 valence electrons. The Bertz CT molecular complexity index is 1390. The molecule has 4 rings (SSSR count). The fraction of sp³-hybridized carbons (Fsp3) is 0.500. The lowest BCUT2D eigenvalue weighted by Crippen LogP contribution is -2.35. The zero-order chi connectivity index (χ0) is 28.2. The lowest BCUT2D eigenvalue weighted by Gasteiger charge is -2.34. The van der Waals surface area contributed by atoms with E-state index in [1.54, 1.807) is 7.11 Å². The SMILES string of the molecule is CCS(=O)(=O)c1ccc(Sc2nc(Nc3cc(C)[nH]n3)c(OC)c(N3CCC(CCN(C)C)CC3)n2)c(F)c1. The molecule has 13 heteroatoms. The summed E-state index contributed by atoms with van der Waals surface area (Å²) < 4.78 is 45.2. The quantitative estimate of drug-likeness (QED) is 0.315. The van der Waals surface area contributed by atoms with Gasteiger partial charge in [0.1, 0.15) is 5.82 Å². The Labute approximate surface area is 233 Å². The Morgan fingerprint density at radius 1 is 1.23 bits per heavy atom. The maximum atomic E-state index is 15.0. The Hall–Kier alpha value is -2.90. The number of benzene rings is 1. The van der Waals surface area contributed by atoms with Gasteiger partial charge in [0, 0.05) is 24.8 Å². The Morgan fingerprint density at radius 2 is 1.97 bits per heavy atom. The van der Waals surface area contributed by atoms with Crippen molar-refractivity contribution >= 4 is 39.1 Å². The van der Waals surface area contributed by atoms with Crippen molar-refractivity contribution in [1.29, 1.82) is 0 Å². The monoisotopic (exact) mass is 577 g/mol. The number of H-pyrrole nitrogens is 1. The summed E-state index contributed by atoms with van der Waals surface area (Å²) >= 11 is 1.03. The number of sulfone groups is 1. The first-order valence-electron chi connectivity index (χ1n) is 12.9. The predicted octanol–water partition coefficient (Wildman–Crippen LogP) is 4.51. The Kier molecular flexibility index (Phi) is 9.34. The molecule has 2 aromatic heterocycles. The van der Waals surface area contributed by atoms with Crippen LogP contribution in [-0.4, -0.2) is 80.1 Å². The van der Waals surface area contributed by atoms with Crippen molar-refractivity contribution in [1.82, 2.24) is 25.1 Å². The normalized spacial score (nSPS) is 14.7. The third-order valence-corrected chi connectivity index (χ3v) is 9.37. The summed E-state index contributed by atoms with van der Waals surface area (Å²) in [6, 6.07) is 5.77. The minimum absolute atomic E-state index is 0.0448. The van der Waals surface area contributed by atoms with Crippen LogP contribution in [0.2, 0.25) is 0 Å². The first-order valence-corrected chi connectivity index (χ1v) is 15.4. The van der Waals surface area contributed by atoms with Crippen LogP contribution < -0.4 is 15.0 Å². The fourth-order valence-corrected chi connectivity index (χ4v) is 6.10. The number of nitrogens with zero attached hydrogens (tertiary/aromatic N) is 5. The van der Waals surface area contributed by atoms with Crippen molar-refractivity contribution in [3.63, 3.8) is 0 Å². The number of nitrogens with one attached hydrogen (secondary N) is 2. The van der Waals surface area contributed by atoms with Gasteiger partial charge in [0.2, 0.25) is 5.75 Å². The second-order valence-electron chi connectivity index (χ2n) is 9.89. The highest BCUT2D eigenvalue weighted by atomic mass is 32.2. The number of halogens is 1. The van der Waals surface area contributed by atoms with Crippen molar-refractivity contribution in [2.45, 2.75) is 48.1 Å². The van der Waals surface area contributed by atoms with E-state index in [9.17, 15) is 8.42 Å². The van der Waals surface area contributed by atoms with Crippen LogP contribution in [0.3, 0.4) is 0 Å². The van der Waals surface area contributed by atoms with Gasteiger partial charge in [-0.25, -0.2) is 22.8 Å². The van der Waals surface area contributed by atoms with Crippen LogP contribution in [0.25, 0.3) is 0 Å². The summed E-state index contributed by atoms with van der Waals surface area (Å²) in [6.45, 7) is 6.11. The molecule has 2 N–H and O–H groups in total. The van der Waals surface area contributed by atoms with Gasteiger partial charge in [-0.3, -0.25) is 5.10 Å². The number of rotatable bonds is 11. The zero-order valence-electron chi connectivity index (χ0n) is 23.0. The summed E-state index contributed by atoms with van der Waals surface area (Å²) in [5.74, 6) is 1.98. The van der Waals surface area contributed by atoms with Crippen LogP contribution >= 0.6 is 11.8 Å². The van der Waals surface area contributed by atoms with E-state index in [4.69, 9.17) is 9.72 Å². The third kappa shape index (κ3) is 7.20. The lowest BCUT2D eigenvalue weighted by molar-refractivity contribution is 0.311. The van der Waals surface area contributed by atoms with Gasteiger partial charge in [-0.1, -0.05) is 6.92 Å². The summed E-state index contributed by atoms with van der Waals surface area (Å²) in [5, 5.41) is 10.7. The van der Waals surface area contributed by atoms with E-state index < -0.39 is 15.7 Å². The summed E-state index contributed by atoms with van der Waals surface area (Å²) in [4.78, 5) is 14.0. The highest BCUT2D eigenvalue weighted by Crippen LogP contribution is 2.40. The fourth-order valence-electron chi connectivity index (χ4n) is 4.45. The van der Waals surface area contributed by atoms with E-state index >= 15 is 4.39 Å². The van der Waals surface area contributed by atoms with E-state index in [0.29, 0.717) is 34.3 Å². The average molecular weight is 578 g/mol. The van der Waals surface area contributed by atoms with Crippen LogP contribution in [0, 0.1) is 18.7 Å². The molecule has 1 aliphatic rings. The van der Waals surface area contributed by atoms with Gasteiger partial charge < -0.3 is 19.9 Å². The number of anilines is 3. The highest BCUT2D eigenvalue weighted by molar-refractivity contribution is 7.99. The summed E-state index contributed by atoms with van der Waals surface area (Å²) in [6.07, 6.45) is 3.22. The van der Waals surface area contributed by atoms with Crippen LogP contribution in [0.1, 0.15) is 31.9 Å². The molecule has 1 aliphatic heterocycles. The van der Waals surface area contributed by atoms with E-state index in [1.807, 2.05) is 13.0 Å². The standard InChI is InChI=1S/C26H36FN7O3S2/c1-6-39(35,36)19-7-8-21(20(27)16-19)38-26-29-24(28-22-15-17(2)31-32-22)23(37-5)25(30-26)34-13-10-18(11-14-34)9-12-33(3)4/h7-8,15-16,18H,6,9-14H2,1-5H3,(H2,28,29,30,31,32). The topological polar surface area (TPSA) is 116 Å². The zero-order valence-corrected chi connectivity index (χ0v) is 24.6. The molecule has 3 aromatic rings. The maximum Gasteiger partial charge on any atom is 0.204 e. The number of hydrogen-bond donors (Lipinski definition) is 2. The molecule has 0 spiro atoms. The van der Waals surface area contributed by atoms with Gasteiger partial charge in [-0.2, -0.15) is 5.10 Å². The van der Waals surface area contributed by atoms with Crippen molar-refractivity contribution < 1.29 is 17.5 Å². The van der Waals surface area contributed by atoms with E-state index in [2.05, 4.69) is 44.4 Å². The van der Waals surface area contributed by atoms with Crippen LogP contribution in [0.4, 0.5) is 21.8 Å². The van der Waals surface area contributed by atoms with Crippen molar-refractivity contribution in [3.05, 3.63) is 35.8 Å². The largest absolute Gasteiger partial charge is 0.490 e. The smallest absolute Gasteiger partial charge is 0.204 e. The first-order chi connectivity index (χ1) is 18.6. The van der Waals surface area contributed by atoms with E-state index in [-0.39, 0.29) is 15.5 Å². The van der Waals surface area contributed by atoms with Crippen molar-refractivity contribution in [2.24, 2.45) is 5.92 Å². The number of aromatic amines is 1. The van der Waals surface area contributed by atoms with Crippen molar-refractivity contribution in [2.75, 3.05) is 56.8 Å². The average Bonchev–Trinajstić information content (AvgIpc) is 3.32. The molecule has 10 nitrogen and oxygen atoms in total. The van der Waals surface area contributed by atoms with Crippen LogP contribution in [0.15, 0.2) is 39.2 Å². The molecule has 0 saturated carbocycles. The highest BCUT2D eigenvalue weighted by Gasteiger charge is 2.27. The van der Waals surface area contributed by atoms with Gasteiger partial charge >= 0.3 is 0 Å². The molecule has 0 radical (unpaired) electrons. The first kappa shape index (κ1) is 29.1. The summed E-state index contributed by atoms with van der Waals surface area (Å²) in [7, 11) is 2.24. The maximum absolute atomic E-state index is 15.0. The molecular weight excluding hydrogens is 541 g/mol. The Morgan fingerprint density at radius 3 is 2.56 bits per heavy atom. The molecule has 39 heavy (non-hydrogen) atoms. The molecule has 3 heterocycles. The number of methoxy groups -OCH3 is 1. The molecule has 0 amide bonds. The number of hydrogen-bond acceptors (Lipinski definition) is 10. The molecule has 0 bridgehead atoms. The Balaban J connectivity index is 1.66. The molecule has 1 fully saturated rings. The third-order valence-electron chi connectivity index (χ3n) is 6.73. The van der Waals surface area contributed by atoms with Gasteiger partial charge in [0.05, 0.1) is 22.7 Å². The lowest BCUT2D eigenvalue weighted by atomic mass is 9.93. The van der Waals surface area contributed by atoms with E-state index in [1.165, 1.54) is 19.1 Å². The minimum atomic E-state index is -3.52. The number of aryl methyl sites for hydroxylation is 1. The molecule has 0 unspecified atom stereocenters. The number of aromatic nitrogens is 4.